The molecule has 0 aliphatic rings. The molecule has 2 nitrogen and oxygen atoms in total. The molecule has 9 heavy (non-hydrogen) atoms. The summed E-state index contributed by atoms with van der Waals surface area (Å²) in [5, 5.41) is 0. The van der Waals surface area contributed by atoms with Gasteiger partial charge in [-0.15, -0.1) is 0 Å². The van der Waals surface area contributed by atoms with Crippen LogP contribution < -0.4 is 3.40 Å². The number of rotatable bonds is 1. The van der Waals surface area contributed by atoms with Crippen LogP contribution in [-0.2, 0) is 7.05 Å². The zero-order valence-corrected chi connectivity index (χ0v) is 9.47. The van der Waals surface area contributed by atoms with Crippen molar-refractivity contribution in [3.8, 4) is 0 Å². The SMILES string of the molecule is Cn1cn[c]([Bi]([CH3])[CH3])c1. The van der Waals surface area contributed by atoms with Crippen LogP contribution in [0.1, 0.15) is 0 Å². The fourth-order valence-electron chi connectivity index (χ4n) is 0.630. The maximum absolute atomic E-state index is 4.27. The molecule has 0 radical (unpaired) electrons. The van der Waals surface area contributed by atoms with Gasteiger partial charge >= 0.3 is 63.5 Å². The first kappa shape index (κ1) is 7.20. The number of imidazole rings is 1. The fourth-order valence-corrected chi connectivity index (χ4v) is 3.33. The van der Waals surface area contributed by atoms with Crippen LogP contribution in [0.5, 0.6) is 0 Å². The summed E-state index contributed by atoms with van der Waals surface area (Å²) in [5.41, 5.74) is 0. The molecule has 0 N–H and O–H groups in total. The molecule has 0 aromatic carbocycles. The summed E-state index contributed by atoms with van der Waals surface area (Å²) < 4.78 is 8.08. The maximum atomic E-state index is 4.27. The quantitative estimate of drug-likeness (QED) is 0.684. The van der Waals surface area contributed by atoms with E-state index in [1.54, 1.807) is 0 Å². The van der Waals surface area contributed by atoms with E-state index in [1.807, 2.05) is 17.9 Å². The van der Waals surface area contributed by atoms with Gasteiger partial charge in [0.2, 0.25) is 0 Å². The van der Waals surface area contributed by atoms with Crippen LogP contribution in [0, 0.1) is 0 Å². The molecule has 0 saturated carbocycles. The van der Waals surface area contributed by atoms with Crippen molar-refractivity contribution in [3.05, 3.63) is 12.5 Å². The molecule has 0 bridgehead atoms. The predicted molar refractivity (Wildman–Crippen MR) is 40.3 cm³/mol. The second-order valence-corrected chi connectivity index (χ2v) is 11.0. The van der Waals surface area contributed by atoms with Gasteiger partial charge in [-0.2, -0.15) is 0 Å². The van der Waals surface area contributed by atoms with Crippen LogP contribution in [-0.4, -0.2) is 31.3 Å². The zero-order chi connectivity index (χ0) is 6.85. The second kappa shape index (κ2) is 2.78. The third kappa shape index (κ3) is 1.75. The molecule has 0 atom stereocenters. The topological polar surface area (TPSA) is 17.8 Å². The number of aryl methyl sites for hydroxylation is 1. The molecule has 3 heteroatoms. The van der Waals surface area contributed by atoms with Gasteiger partial charge in [0, 0.05) is 0 Å². The molecule has 0 aliphatic carbocycles. The standard InChI is InChI=1S/C4H5N2.2CH3.Bi/c1-6-3-2-5-4-6;;;/h3-4H,1H3;2*1H3;. The van der Waals surface area contributed by atoms with E-state index in [9.17, 15) is 0 Å². The van der Waals surface area contributed by atoms with Gasteiger partial charge in [-0.3, -0.25) is 0 Å². The third-order valence-electron chi connectivity index (χ3n) is 1.15. The van der Waals surface area contributed by atoms with Gasteiger partial charge in [0.05, 0.1) is 0 Å². The Bertz CT molecular complexity index is 193. The Morgan fingerprint density at radius 1 is 1.56 bits per heavy atom. The van der Waals surface area contributed by atoms with Crippen molar-refractivity contribution in [3.63, 3.8) is 0 Å². The Morgan fingerprint density at radius 3 is 2.44 bits per heavy atom. The molecule has 1 aromatic rings. The molecule has 1 aromatic heterocycles. The van der Waals surface area contributed by atoms with Crippen LogP contribution in [0.15, 0.2) is 12.5 Å². The van der Waals surface area contributed by atoms with Gasteiger partial charge in [0.25, 0.3) is 0 Å². The zero-order valence-electron chi connectivity index (χ0n) is 6.00. The first-order valence-electron chi connectivity index (χ1n) is 2.85. The molecule has 0 amide bonds. The summed E-state index contributed by atoms with van der Waals surface area (Å²) in [6, 6.07) is 0. The van der Waals surface area contributed by atoms with E-state index in [2.05, 4.69) is 20.4 Å². The minimum absolute atomic E-state index is 1.19. The van der Waals surface area contributed by atoms with E-state index in [4.69, 9.17) is 0 Å². The molecular formula is C6H11BiN2. The van der Waals surface area contributed by atoms with E-state index in [1.165, 1.54) is 3.40 Å². The van der Waals surface area contributed by atoms with Crippen molar-refractivity contribution in [1.29, 1.82) is 0 Å². The van der Waals surface area contributed by atoms with Gasteiger partial charge < -0.3 is 0 Å². The van der Waals surface area contributed by atoms with E-state index < -0.39 is 21.8 Å². The van der Waals surface area contributed by atoms with Gasteiger partial charge in [-0.1, -0.05) is 0 Å². The van der Waals surface area contributed by atoms with Crippen LogP contribution in [0.4, 0.5) is 0 Å². The molecule has 0 spiro atoms. The molecule has 0 unspecified atom stereocenters. The van der Waals surface area contributed by atoms with Crippen LogP contribution in [0.3, 0.4) is 0 Å². The Labute approximate surface area is 63.6 Å². The Morgan fingerprint density at radius 2 is 2.22 bits per heavy atom. The third-order valence-corrected chi connectivity index (χ3v) is 5.61. The van der Waals surface area contributed by atoms with Gasteiger partial charge in [0.1, 0.15) is 0 Å². The molecule has 0 saturated heterocycles. The van der Waals surface area contributed by atoms with Crippen LogP contribution in [0.25, 0.3) is 0 Å². The normalized spacial score (nSPS) is 10.7. The molecule has 0 aliphatic heterocycles. The van der Waals surface area contributed by atoms with Crippen molar-refractivity contribution >= 4 is 25.2 Å². The number of aromatic nitrogens is 2. The summed E-state index contributed by atoms with van der Waals surface area (Å²) >= 11 is -1.19. The summed E-state index contributed by atoms with van der Waals surface area (Å²) in [5.74, 6) is 0. The fraction of sp³-hybridized carbons (Fsp3) is 0.500. The van der Waals surface area contributed by atoms with Gasteiger partial charge in [0.15, 0.2) is 0 Å². The van der Waals surface area contributed by atoms with Crippen molar-refractivity contribution in [2.75, 3.05) is 0 Å². The van der Waals surface area contributed by atoms with Gasteiger partial charge in [-0.25, -0.2) is 0 Å². The minimum atomic E-state index is -1.19. The van der Waals surface area contributed by atoms with Crippen LogP contribution in [0.2, 0.25) is 9.26 Å². The Balaban J connectivity index is 2.85. The average molecular weight is 320 g/mol. The predicted octanol–water partition coefficient (Wildman–Crippen LogP) is 0.381. The van der Waals surface area contributed by atoms with Crippen molar-refractivity contribution < 1.29 is 0 Å². The first-order valence-corrected chi connectivity index (χ1v) is 11.5. The molecular weight excluding hydrogens is 309 g/mol. The van der Waals surface area contributed by atoms with E-state index in [-0.39, 0.29) is 0 Å². The second-order valence-electron chi connectivity index (χ2n) is 2.29. The summed E-state index contributed by atoms with van der Waals surface area (Å²) in [6.45, 7) is 0. The molecule has 0 fully saturated rings. The molecule has 1 rings (SSSR count). The monoisotopic (exact) mass is 320 g/mol. The number of hydrogen-bond acceptors (Lipinski definition) is 1. The summed E-state index contributed by atoms with van der Waals surface area (Å²) in [7, 11) is 2.02. The number of nitrogens with zero attached hydrogens (tertiary/aromatic N) is 2. The Kier molecular flexibility index (Phi) is 2.23. The Hall–Kier alpha value is 0.0931. The van der Waals surface area contributed by atoms with Crippen molar-refractivity contribution in [2.45, 2.75) is 9.26 Å². The van der Waals surface area contributed by atoms with Crippen molar-refractivity contribution in [1.82, 2.24) is 9.55 Å². The van der Waals surface area contributed by atoms with E-state index >= 15 is 0 Å². The first-order chi connectivity index (χ1) is 4.20. The van der Waals surface area contributed by atoms with Crippen molar-refractivity contribution in [2.24, 2.45) is 7.05 Å². The molecule has 1 heterocycles. The molecule has 50 valence electrons. The average Bonchev–Trinajstić information content (AvgIpc) is 2.14. The van der Waals surface area contributed by atoms with E-state index in [0.717, 1.165) is 0 Å². The van der Waals surface area contributed by atoms with Crippen LogP contribution >= 0.6 is 0 Å². The van der Waals surface area contributed by atoms with E-state index in [0.29, 0.717) is 0 Å². The van der Waals surface area contributed by atoms with Gasteiger partial charge in [-0.05, 0) is 0 Å². The summed E-state index contributed by atoms with van der Waals surface area (Å²) in [6.07, 6.45) is 4.02. The summed E-state index contributed by atoms with van der Waals surface area (Å²) in [4.78, 5) is 4.27. The number of hydrogen-bond donors (Lipinski definition) is 0.